The van der Waals surface area contributed by atoms with Gasteiger partial charge in [-0.05, 0) is 31.4 Å². The van der Waals surface area contributed by atoms with Crippen molar-refractivity contribution >= 4 is 5.78 Å². The molecule has 16 heavy (non-hydrogen) atoms. The first-order valence-electron chi connectivity index (χ1n) is 5.77. The van der Waals surface area contributed by atoms with Crippen LogP contribution in [0.2, 0.25) is 0 Å². The largest absolute Gasteiger partial charge is 0.299 e. The summed E-state index contributed by atoms with van der Waals surface area (Å²) in [4.78, 5) is 11.8. The number of hydrogen-bond acceptors (Lipinski definition) is 1. The number of carbonyl (C=O) groups excluding carboxylic acids is 1. The van der Waals surface area contributed by atoms with E-state index in [1.165, 1.54) is 11.1 Å². The van der Waals surface area contributed by atoms with Crippen molar-refractivity contribution in [2.45, 2.75) is 40.0 Å². The first-order chi connectivity index (χ1) is 7.52. The van der Waals surface area contributed by atoms with Gasteiger partial charge >= 0.3 is 0 Å². The van der Waals surface area contributed by atoms with E-state index >= 15 is 0 Å². The van der Waals surface area contributed by atoms with Gasteiger partial charge in [0.05, 0.1) is 0 Å². The van der Waals surface area contributed by atoms with Gasteiger partial charge in [0.1, 0.15) is 5.78 Å². The van der Waals surface area contributed by atoms with Crippen molar-refractivity contribution < 1.29 is 4.79 Å². The van der Waals surface area contributed by atoms with E-state index in [-0.39, 0.29) is 5.78 Å². The lowest BCUT2D eigenvalue weighted by Gasteiger charge is -2.07. The first-order valence-corrected chi connectivity index (χ1v) is 5.77. The standard InChI is InChI=1S/C15H20O/c1-5-11(2)9-15(16)10-14-8-12(3)6-7-13(14)4/h6-8H,2,5,9-10H2,1,3-4H3. The molecule has 86 valence electrons. The SMILES string of the molecule is C=C(CC)CC(=O)Cc1cc(C)ccc1C. The highest BCUT2D eigenvalue weighted by atomic mass is 16.1. The van der Waals surface area contributed by atoms with Crippen LogP contribution in [0.3, 0.4) is 0 Å². The Morgan fingerprint density at radius 3 is 2.62 bits per heavy atom. The number of Topliss-reactive ketones (excluding diaryl/α,β-unsaturated/α-hetero) is 1. The highest BCUT2D eigenvalue weighted by Gasteiger charge is 2.07. The highest BCUT2D eigenvalue weighted by molar-refractivity contribution is 5.83. The molecule has 1 heteroatoms. The monoisotopic (exact) mass is 216 g/mol. The minimum atomic E-state index is 0.264. The van der Waals surface area contributed by atoms with E-state index in [1.807, 2.05) is 6.92 Å². The lowest BCUT2D eigenvalue weighted by Crippen LogP contribution is -2.05. The Morgan fingerprint density at radius 2 is 2.00 bits per heavy atom. The molecule has 1 rings (SSSR count). The molecule has 0 saturated carbocycles. The van der Waals surface area contributed by atoms with Gasteiger partial charge in [-0.1, -0.05) is 42.8 Å². The molecule has 0 saturated heterocycles. The zero-order valence-corrected chi connectivity index (χ0v) is 10.5. The molecule has 1 aromatic carbocycles. The van der Waals surface area contributed by atoms with Gasteiger partial charge < -0.3 is 0 Å². The van der Waals surface area contributed by atoms with E-state index in [1.54, 1.807) is 0 Å². The summed E-state index contributed by atoms with van der Waals surface area (Å²) in [6.45, 7) is 10.0. The third-order valence-electron chi connectivity index (χ3n) is 2.84. The number of carbonyl (C=O) groups is 1. The van der Waals surface area contributed by atoms with Gasteiger partial charge in [-0.25, -0.2) is 0 Å². The van der Waals surface area contributed by atoms with Gasteiger partial charge in [-0.2, -0.15) is 0 Å². The smallest absolute Gasteiger partial charge is 0.141 e. The fourth-order valence-corrected chi connectivity index (χ4v) is 1.67. The molecule has 0 fully saturated rings. The number of ketones is 1. The number of hydrogen-bond donors (Lipinski definition) is 0. The van der Waals surface area contributed by atoms with Crippen LogP contribution < -0.4 is 0 Å². The van der Waals surface area contributed by atoms with Gasteiger partial charge in [0, 0.05) is 12.8 Å². The second-order valence-electron chi connectivity index (χ2n) is 4.43. The van der Waals surface area contributed by atoms with E-state index in [4.69, 9.17) is 0 Å². The molecule has 0 aromatic heterocycles. The van der Waals surface area contributed by atoms with E-state index in [9.17, 15) is 4.79 Å². The van der Waals surface area contributed by atoms with Crippen molar-refractivity contribution in [2.75, 3.05) is 0 Å². The Hall–Kier alpha value is -1.37. The van der Waals surface area contributed by atoms with Crippen LogP contribution in [0.15, 0.2) is 30.4 Å². The Morgan fingerprint density at radius 1 is 1.31 bits per heavy atom. The maximum absolute atomic E-state index is 11.8. The lowest BCUT2D eigenvalue weighted by molar-refractivity contribution is -0.117. The second-order valence-corrected chi connectivity index (χ2v) is 4.43. The van der Waals surface area contributed by atoms with Crippen molar-refractivity contribution in [2.24, 2.45) is 0 Å². The van der Waals surface area contributed by atoms with Crippen LogP contribution in [-0.2, 0) is 11.2 Å². The Bertz CT molecular complexity index is 402. The summed E-state index contributed by atoms with van der Waals surface area (Å²) < 4.78 is 0. The summed E-state index contributed by atoms with van der Waals surface area (Å²) >= 11 is 0. The van der Waals surface area contributed by atoms with Crippen LogP contribution in [0, 0.1) is 13.8 Å². The molecule has 1 nitrogen and oxygen atoms in total. The molecule has 0 aliphatic rings. The molecule has 0 heterocycles. The molecule has 1 aromatic rings. The van der Waals surface area contributed by atoms with E-state index in [0.29, 0.717) is 12.8 Å². The summed E-state index contributed by atoms with van der Waals surface area (Å²) in [5.74, 6) is 0.264. The van der Waals surface area contributed by atoms with Crippen molar-refractivity contribution in [3.63, 3.8) is 0 Å². The summed E-state index contributed by atoms with van der Waals surface area (Å²) in [6, 6.07) is 6.25. The molecule has 0 atom stereocenters. The number of rotatable bonds is 5. The number of benzene rings is 1. The third-order valence-corrected chi connectivity index (χ3v) is 2.84. The van der Waals surface area contributed by atoms with Gasteiger partial charge in [0.25, 0.3) is 0 Å². The fraction of sp³-hybridized carbons (Fsp3) is 0.400. The Labute approximate surface area is 98.2 Å². The van der Waals surface area contributed by atoms with E-state index in [0.717, 1.165) is 17.6 Å². The number of allylic oxidation sites excluding steroid dienone is 1. The fourth-order valence-electron chi connectivity index (χ4n) is 1.67. The third kappa shape index (κ3) is 3.65. The van der Waals surface area contributed by atoms with Crippen LogP contribution >= 0.6 is 0 Å². The Kier molecular flexibility index (Phi) is 4.48. The molecule has 0 aliphatic heterocycles. The molecular formula is C15H20O. The summed E-state index contributed by atoms with van der Waals surface area (Å²) in [6.07, 6.45) is 1.94. The molecule has 0 aliphatic carbocycles. The zero-order chi connectivity index (χ0) is 12.1. The maximum atomic E-state index is 11.8. The quantitative estimate of drug-likeness (QED) is 0.685. The summed E-state index contributed by atoms with van der Waals surface area (Å²) in [5, 5.41) is 0. The predicted molar refractivity (Wildman–Crippen MR) is 68.7 cm³/mol. The van der Waals surface area contributed by atoms with Gasteiger partial charge in [-0.3, -0.25) is 4.79 Å². The van der Waals surface area contributed by atoms with Crippen LogP contribution in [-0.4, -0.2) is 5.78 Å². The van der Waals surface area contributed by atoms with Crippen LogP contribution in [0.4, 0.5) is 0 Å². The zero-order valence-electron chi connectivity index (χ0n) is 10.5. The summed E-state index contributed by atoms with van der Waals surface area (Å²) in [5.41, 5.74) is 4.58. The average Bonchev–Trinajstić information content (AvgIpc) is 2.23. The van der Waals surface area contributed by atoms with Crippen LogP contribution in [0.1, 0.15) is 36.5 Å². The van der Waals surface area contributed by atoms with Gasteiger partial charge in [-0.15, -0.1) is 0 Å². The molecule has 0 radical (unpaired) electrons. The predicted octanol–water partition coefficient (Wildman–Crippen LogP) is 3.77. The van der Waals surface area contributed by atoms with Crippen molar-refractivity contribution in [1.29, 1.82) is 0 Å². The second kappa shape index (κ2) is 5.64. The maximum Gasteiger partial charge on any atom is 0.141 e. The molecule has 0 spiro atoms. The minimum absolute atomic E-state index is 0.264. The van der Waals surface area contributed by atoms with Crippen LogP contribution in [0.25, 0.3) is 0 Å². The van der Waals surface area contributed by atoms with Gasteiger partial charge in [0.15, 0.2) is 0 Å². The first kappa shape index (κ1) is 12.7. The van der Waals surface area contributed by atoms with Crippen molar-refractivity contribution in [3.05, 3.63) is 47.0 Å². The summed E-state index contributed by atoms with van der Waals surface area (Å²) in [7, 11) is 0. The van der Waals surface area contributed by atoms with Crippen molar-refractivity contribution in [3.8, 4) is 0 Å². The van der Waals surface area contributed by atoms with Gasteiger partial charge in [0.2, 0.25) is 0 Å². The lowest BCUT2D eigenvalue weighted by atomic mass is 9.98. The topological polar surface area (TPSA) is 17.1 Å². The minimum Gasteiger partial charge on any atom is -0.299 e. The Balaban J connectivity index is 2.69. The van der Waals surface area contributed by atoms with Crippen LogP contribution in [0.5, 0.6) is 0 Å². The molecule has 0 N–H and O–H groups in total. The van der Waals surface area contributed by atoms with Crippen molar-refractivity contribution in [1.82, 2.24) is 0 Å². The molecule has 0 unspecified atom stereocenters. The average molecular weight is 216 g/mol. The van der Waals surface area contributed by atoms with E-state index in [2.05, 4.69) is 38.6 Å². The van der Waals surface area contributed by atoms with E-state index < -0.39 is 0 Å². The highest BCUT2D eigenvalue weighted by Crippen LogP contribution is 2.14. The molecule has 0 bridgehead atoms. The molecule has 0 amide bonds. The number of aryl methyl sites for hydroxylation is 2. The molecular weight excluding hydrogens is 196 g/mol. The normalized spacial score (nSPS) is 10.2.